The van der Waals surface area contributed by atoms with Crippen LogP contribution in [-0.2, 0) is 4.79 Å². The van der Waals surface area contributed by atoms with Crippen LogP contribution in [0.25, 0.3) is 0 Å². The molecule has 1 aromatic carbocycles. The van der Waals surface area contributed by atoms with Gasteiger partial charge in [-0.25, -0.2) is 4.79 Å². The molecule has 1 saturated carbocycles. The highest BCUT2D eigenvalue weighted by Crippen LogP contribution is 2.37. The van der Waals surface area contributed by atoms with E-state index in [2.05, 4.69) is 5.32 Å². The lowest BCUT2D eigenvalue weighted by atomic mass is 10.1. The van der Waals surface area contributed by atoms with Crippen LogP contribution in [0.4, 0.5) is 5.69 Å². The molecule has 1 aliphatic rings. The van der Waals surface area contributed by atoms with Crippen molar-refractivity contribution in [1.29, 1.82) is 0 Å². The lowest BCUT2D eigenvalue weighted by Gasteiger charge is -2.14. The van der Waals surface area contributed by atoms with E-state index in [0.29, 0.717) is 17.4 Å². The molecule has 5 nitrogen and oxygen atoms in total. The van der Waals surface area contributed by atoms with Gasteiger partial charge in [0, 0.05) is 5.92 Å². The first-order valence-corrected chi connectivity index (χ1v) is 6.25. The number of ether oxygens (including phenoxy) is 1. The van der Waals surface area contributed by atoms with Crippen molar-refractivity contribution in [1.82, 2.24) is 0 Å². The first-order valence-electron chi connectivity index (χ1n) is 6.25. The minimum Gasteiger partial charge on any atom is -0.495 e. The van der Waals surface area contributed by atoms with Crippen LogP contribution in [0.5, 0.6) is 5.75 Å². The Hall–Kier alpha value is -2.04. The Labute approximate surface area is 111 Å². The number of carbonyl (C=O) groups excluding carboxylic acids is 1. The molecule has 1 atom stereocenters. The van der Waals surface area contributed by atoms with Gasteiger partial charge in [-0.1, -0.05) is 6.92 Å². The molecule has 0 spiro atoms. The third-order valence-electron chi connectivity index (χ3n) is 3.45. The van der Waals surface area contributed by atoms with Crippen molar-refractivity contribution in [2.24, 2.45) is 11.8 Å². The van der Waals surface area contributed by atoms with Gasteiger partial charge >= 0.3 is 5.97 Å². The van der Waals surface area contributed by atoms with E-state index in [9.17, 15) is 9.59 Å². The molecule has 2 rings (SSSR count). The van der Waals surface area contributed by atoms with Crippen LogP contribution in [-0.4, -0.2) is 24.1 Å². The molecular weight excluding hydrogens is 246 g/mol. The van der Waals surface area contributed by atoms with E-state index in [1.807, 2.05) is 6.92 Å². The molecule has 0 bridgehead atoms. The van der Waals surface area contributed by atoms with Gasteiger partial charge in [0.05, 0.1) is 18.4 Å². The number of hydrogen-bond acceptors (Lipinski definition) is 3. The molecular formula is C14H17NO4. The number of carboxylic acid groups (broad SMARTS) is 1. The average molecular weight is 263 g/mol. The van der Waals surface area contributed by atoms with Gasteiger partial charge in [-0.2, -0.15) is 0 Å². The summed E-state index contributed by atoms with van der Waals surface area (Å²) in [6, 6.07) is 4.40. The van der Waals surface area contributed by atoms with Gasteiger partial charge in [0.25, 0.3) is 0 Å². The molecule has 1 fully saturated rings. The Morgan fingerprint density at radius 2 is 2.11 bits per heavy atom. The predicted molar refractivity (Wildman–Crippen MR) is 70.5 cm³/mol. The van der Waals surface area contributed by atoms with Gasteiger partial charge in [-0.3, -0.25) is 4.79 Å². The number of methoxy groups -OCH3 is 1. The van der Waals surface area contributed by atoms with E-state index in [1.54, 1.807) is 6.07 Å². The summed E-state index contributed by atoms with van der Waals surface area (Å²) in [5.74, 6) is -0.268. The first kappa shape index (κ1) is 13.4. The van der Waals surface area contributed by atoms with Crippen LogP contribution < -0.4 is 10.1 Å². The molecule has 0 saturated heterocycles. The lowest BCUT2D eigenvalue weighted by Crippen LogP contribution is -2.22. The van der Waals surface area contributed by atoms with Crippen molar-refractivity contribution in [3.8, 4) is 5.75 Å². The number of aromatic carboxylic acids is 1. The molecule has 0 aromatic heterocycles. The van der Waals surface area contributed by atoms with E-state index < -0.39 is 5.97 Å². The zero-order chi connectivity index (χ0) is 14.0. The number of benzene rings is 1. The second-order valence-corrected chi connectivity index (χ2v) is 4.84. The molecule has 5 heteroatoms. The van der Waals surface area contributed by atoms with Crippen molar-refractivity contribution in [3.63, 3.8) is 0 Å². The fraction of sp³-hybridized carbons (Fsp3) is 0.429. The smallest absolute Gasteiger partial charge is 0.335 e. The van der Waals surface area contributed by atoms with E-state index in [4.69, 9.17) is 9.84 Å². The van der Waals surface area contributed by atoms with E-state index >= 15 is 0 Å². The van der Waals surface area contributed by atoms with Gasteiger partial charge in [0.1, 0.15) is 5.75 Å². The lowest BCUT2D eigenvalue weighted by molar-refractivity contribution is -0.119. The van der Waals surface area contributed by atoms with Crippen LogP contribution >= 0.6 is 0 Å². The van der Waals surface area contributed by atoms with Crippen molar-refractivity contribution in [2.75, 3.05) is 12.4 Å². The van der Waals surface area contributed by atoms with Crippen LogP contribution in [0.15, 0.2) is 18.2 Å². The summed E-state index contributed by atoms with van der Waals surface area (Å²) in [5, 5.41) is 11.7. The van der Waals surface area contributed by atoms with E-state index in [-0.39, 0.29) is 17.4 Å². The molecule has 0 heterocycles. The van der Waals surface area contributed by atoms with E-state index in [0.717, 1.165) is 12.8 Å². The van der Waals surface area contributed by atoms with Gasteiger partial charge in [0.2, 0.25) is 5.91 Å². The van der Waals surface area contributed by atoms with Gasteiger partial charge in [-0.05, 0) is 37.0 Å². The van der Waals surface area contributed by atoms with Crippen LogP contribution in [0.2, 0.25) is 0 Å². The molecule has 2 N–H and O–H groups in total. The quantitative estimate of drug-likeness (QED) is 0.855. The average Bonchev–Trinajstić information content (AvgIpc) is 3.22. The standard InChI is InChI=1S/C14H17NO4/c1-8(9-3-4-9)13(16)15-11-6-5-10(14(17)18)7-12(11)19-2/h5-9H,3-4H2,1-2H3,(H,15,16)(H,17,18). The summed E-state index contributed by atoms with van der Waals surface area (Å²) < 4.78 is 5.11. The third kappa shape index (κ3) is 3.05. The minimum atomic E-state index is -1.03. The molecule has 0 aliphatic heterocycles. The normalized spacial score (nSPS) is 15.7. The maximum atomic E-state index is 12.0. The highest BCUT2D eigenvalue weighted by Gasteiger charge is 2.32. The van der Waals surface area contributed by atoms with Gasteiger partial charge in [-0.15, -0.1) is 0 Å². The fourth-order valence-electron chi connectivity index (χ4n) is 1.98. The summed E-state index contributed by atoms with van der Waals surface area (Å²) in [7, 11) is 1.45. The summed E-state index contributed by atoms with van der Waals surface area (Å²) in [5.41, 5.74) is 0.634. The minimum absolute atomic E-state index is 0.0242. The maximum Gasteiger partial charge on any atom is 0.335 e. The third-order valence-corrected chi connectivity index (χ3v) is 3.45. The molecule has 1 unspecified atom stereocenters. The second-order valence-electron chi connectivity index (χ2n) is 4.84. The predicted octanol–water partition coefficient (Wildman–Crippen LogP) is 2.38. The Morgan fingerprint density at radius 3 is 2.63 bits per heavy atom. The number of carbonyl (C=O) groups is 2. The Kier molecular flexibility index (Phi) is 3.74. The SMILES string of the molecule is COc1cc(C(=O)O)ccc1NC(=O)C(C)C1CC1. The Balaban J connectivity index is 2.15. The Morgan fingerprint density at radius 1 is 1.42 bits per heavy atom. The number of rotatable bonds is 5. The van der Waals surface area contributed by atoms with E-state index in [1.165, 1.54) is 19.2 Å². The van der Waals surface area contributed by atoms with Crippen molar-refractivity contribution in [3.05, 3.63) is 23.8 Å². The highest BCUT2D eigenvalue weighted by atomic mass is 16.5. The molecule has 1 amide bonds. The van der Waals surface area contributed by atoms with Gasteiger partial charge in [0.15, 0.2) is 0 Å². The summed E-state index contributed by atoms with van der Waals surface area (Å²) in [4.78, 5) is 22.9. The summed E-state index contributed by atoms with van der Waals surface area (Å²) in [6.45, 7) is 1.91. The summed E-state index contributed by atoms with van der Waals surface area (Å²) >= 11 is 0. The number of anilines is 1. The molecule has 1 aromatic rings. The molecule has 1 aliphatic carbocycles. The zero-order valence-corrected chi connectivity index (χ0v) is 11.0. The zero-order valence-electron chi connectivity index (χ0n) is 11.0. The number of nitrogens with one attached hydrogen (secondary N) is 1. The van der Waals surface area contributed by atoms with Crippen LogP contribution in [0, 0.1) is 11.8 Å². The fourth-order valence-corrected chi connectivity index (χ4v) is 1.98. The van der Waals surface area contributed by atoms with Gasteiger partial charge < -0.3 is 15.2 Å². The Bertz CT molecular complexity index is 508. The highest BCUT2D eigenvalue weighted by molar-refractivity contribution is 5.95. The number of hydrogen-bond donors (Lipinski definition) is 2. The maximum absolute atomic E-state index is 12.0. The largest absolute Gasteiger partial charge is 0.495 e. The van der Waals surface area contributed by atoms with Crippen molar-refractivity contribution < 1.29 is 19.4 Å². The molecule has 102 valence electrons. The van der Waals surface area contributed by atoms with Crippen LogP contribution in [0.3, 0.4) is 0 Å². The molecule has 19 heavy (non-hydrogen) atoms. The topological polar surface area (TPSA) is 75.6 Å². The first-order chi connectivity index (χ1) is 9.02. The second kappa shape index (κ2) is 5.30. The number of amides is 1. The monoisotopic (exact) mass is 263 g/mol. The van der Waals surface area contributed by atoms with Crippen LogP contribution in [0.1, 0.15) is 30.1 Å². The van der Waals surface area contributed by atoms with Crippen molar-refractivity contribution in [2.45, 2.75) is 19.8 Å². The van der Waals surface area contributed by atoms with Crippen molar-refractivity contribution >= 4 is 17.6 Å². The molecule has 0 radical (unpaired) electrons. The summed E-state index contributed by atoms with van der Waals surface area (Å²) in [6.07, 6.45) is 2.20. The number of carboxylic acids is 1.